The molecule has 0 amide bonds. The molecule has 0 atom stereocenters. The van der Waals surface area contributed by atoms with Gasteiger partial charge in [0.1, 0.15) is 5.82 Å². The number of aryl methyl sites for hydroxylation is 1. The molecule has 0 saturated heterocycles. The summed E-state index contributed by atoms with van der Waals surface area (Å²) in [6, 6.07) is 5.59. The van der Waals surface area contributed by atoms with E-state index in [9.17, 15) is 4.79 Å². The third-order valence-electron chi connectivity index (χ3n) is 2.75. The Hall–Kier alpha value is -1.55. The van der Waals surface area contributed by atoms with Gasteiger partial charge in [-0.3, -0.25) is 9.36 Å². The standard InChI is InChI=1S/C12H14ClN3O/c1-8-15-10-5-3-4-9(14-2)11(10)12(17)16(8)7-6-13/h3-5,14H,6-7H2,1-2H3. The molecule has 0 bridgehead atoms. The van der Waals surface area contributed by atoms with E-state index < -0.39 is 0 Å². The van der Waals surface area contributed by atoms with Gasteiger partial charge in [0.25, 0.3) is 5.56 Å². The highest BCUT2D eigenvalue weighted by Gasteiger charge is 2.10. The number of aromatic nitrogens is 2. The number of halogens is 1. The fraction of sp³-hybridized carbons (Fsp3) is 0.333. The summed E-state index contributed by atoms with van der Waals surface area (Å²) < 4.78 is 1.61. The molecule has 5 heteroatoms. The second-order valence-electron chi connectivity index (χ2n) is 3.75. The molecule has 2 aromatic rings. The number of nitrogens with zero attached hydrogens (tertiary/aromatic N) is 2. The highest BCUT2D eigenvalue weighted by molar-refractivity contribution is 6.17. The Kier molecular flexibility index (Phi) is 3.33. The van der Waals surface area contributed by atoms with Crippen LogP contribution >= 0.6 is 11.6 Å². The number of benzene rings is 1. The van der Waals surface area contributed by atoms with Crippen molar-refractivity contribution in [1.82, 2.24) is 9.55 Å². The minimum absolute atomic E-state index is 0.0434. The fourth-order valence-electron chi connectivity index (χ4n) is 1.93. The quantitative estimate of drug-likeness (QED) is 0.849. The molecule has 0 saturated carbocycles. The van der Waals surface area contributed by atoms with Crippen LogP contribution in [0.4, 0.5) is 5.69 Å². The van der Waals surface area contributed by atoms with Crippen LogP contribution in [0.25, 0.3) is 10.9 Å². The Bertz CT molecular complexity index is 606. The van der Waals surface area contributed by atoms with Gasteiger partial charge in [0.2, 0.25) is 0 Å². The molecule has 1 N–H and O–H groups in total. The number of nitrogens with one attached hydrogen (secondary N) is 1. The maximum atomic E-state index is 12.3. The highest BCUT2D eigenvalue weighted by atomic mass is 35.5. The molecule has 0 aliphatic heterocycles. The van der Waals surface area contributed by atoms with E-state index in [0.29, 0.717) is 29.2 Å². The average molecular weight is 252 g/mol. The van der Waals surface area contributed by atoms with Crippen LogP contribution in [0.5, 0.6) is 0 Å². The first-order valence-electron chi connectivity index (χ1n) is 5.43. The van der Waals surface area contributed by atoms with Crippen molar-refractivity contribution in [2.45, 2.75) is 13.5 Å². The van der Waals surface area contributed by atoms with E-state index in [1.54, 1.807) is 11.6 Å². The first-order valence-corrected chi connectivity index (χ1v) is 5.96. The molecular weight excluding hydrogens is 238 g/mol. The molecule has 0 unspecified atom stereocenters. The molecule has 1 heterocycles. The molecule has 0 aliphatic carbocycles. The Morgan fingerprint density at radius 3 is 2.88 bits per heavy atom. The number of rotatable bonds is 3. The van der Waals surface area contributed by atoms with Crippen LogP contribution in [0, 0.1) is 6.92 Å². The average Bonchev–Trinajstić information content (AvgIpc) is 2.33. The number of fused-ring (bicyclic) bond motifs is 1. The summed E-state index contributed by atoms with van der Waals surface area (Å²) in [5.74, 6) is 1.09. The van der Waals surface area contributed by atoms with Gasteiger partial charge in [-0.2, -0.15) is 0 Å². The van der Waals surface area contributed by atoms with Gasteiger partial charge >= 0.3 is 0 Å². The number of anilines is 1. The zero-order valence-corrected chi connectivity index (χ0v) is 10.6. The van der Waals surface area contributed by atoms with Crippen LogP contribution in [-0.4, -0.2) is 22.5 Å². The monoisotopic (exact) mass is 251 g/mol. The van der Waals surface area contributed by atoms with Crippen molar-refractivity contribution >= 4 is 28.2 Å². The molecule has 4 nitrogen and oxygen atoms in total. The van der Waals surface area contributed by atoms with Crippen molar-refractivity contribution in [2.75, 3.05) is 18.2 Å². The Balaban J connectivity index is 2.84. The third-order valence-corrected chi connectivity index (χ3v) is 2.92. The number of alkyl halides is 1. The van der Waals surface area contributed by atoms with Crippen LogP contribution in [0.15, 0.2) is 23.0 Å². The molecule has 0 spiro atoms. The van der Waals surface area contributed by atoms with E-state index >= 15 is 0 Å². The van der Waals surface area contributed by atoms with Crippen molar-refractivity contribution in [3.05, 3.63) is 34.4 Å². The molecule has 2 rings (SSSR count). The highest BCUT2D eigenvalue weighted by Crippen LogP contribution is 2.18. The summed E-state index contributed by atoms with van der Waals surface area (Å²) in [4.78, 5) is 16.8. The van der Waals surface area contributed by atoms with Crippen LogP contribution in [0.1, 0.15) is 5.82 Å². The molecule has 0 radical (unpaired) electrons. The minimum Gasteiger partial charge on any atom is -0.387 e. The maximum absolute atomic E-state index is 12.3. The molecular formula is C12H14ClN3O. The molecule has 1 aromatic heterocycles. The van der Waals surface area contributed by atoms with Gasteiger partial charge < -0.3 is 5.32 Å². The second-order valence-corrected chi connectivity index (χ2v) is 4.13. The minimum atomic E-state index is -0.0434. The van der Waals surface area contributed by atoms with Crippen molar-refractivity contribution in [3.63, 3.8) is 0 Å². The molecule has 1 aromatic carbocycles. The largest absolute Gasteiger partial charge is 0.387 e. The Morgan fingerprint density at radius 2 is 2.24 bits per heavy atom. The first-order chi connectivity index (χ1) is 8.19. The normalized spacial score (nSPS) is 10.8. The summed E-state index contributed by atoms with van der Waals surface area (Å²) >= 11 is 5.70. The summed E-state index contributed by atoms with van der Waals surface area (Å²) in [6.45, 7) is 2.30. The number of hydrogen-bond donors (Lipinski definition) is 1. The van der Waals surface area contributed by atoms with Gasteiger partial charge in [-0.05, 0) is 19.1 Å². The van der Waals surface area contributed by atoms with Crippen LogP contribution in [0.2, 0.25) is 0 Å². The zero-order valence-electron chi connectivity index (χ0n) is 9.83. The van der Waals surface area contributed by atoms with Crippen molar-refractivity contribution < 1.29 is 0 Å². The van der Waals surface area contributed by atoms with Crippen molar-refractivity contribution in [1.29, 1.82) is 0 Å². The van der Waals surface area contributed by atoms with Gasteiger partial charge in [0, 0.05) is 25.2 Å². The van der Waals surface area contributed by atoms with Gasteiger partial charge in [-0.15, -0.1) is 11.6 Å². The maximum Gasteiger partial charge on any atom is 0.263 e. The fourth-order valence-corrected chi connectivity index (χ4v) is 2.10. The molecule has 17 heavy (non-hydrogen) atoms. The summed E-state index contributed by atoms with van der Waals surface area (Å²) in [5, 5.41) is 3.63. The molecule has 90 valence electrons. The smallest absolute Gasteiger partial charge is 0.263 e. The lowest BCUT2D eigenvalue weighted by Gasteiger charge is -2.11. The Labute approximate surface area is 104 Å². The third kappa shape index (κ3) is 2.00. The number of hydrogen-bond acceptors (Lipinski definition) is 3. The van der Waals surface area contributed by atoms with E-state index in [4.69, 9.17) is 11.6 Å². The predicted octanol–water partition coefficient (Wildman–Crippen LogP) is 1.99. The second kappa shape index (κ2) is 4.75. The SMILES string of the molecule is CNc1cccc2nc(C)n(CCCl)c(=O)c12. The van der Waals surface area contributed by atoms with Crippen LogP contribution in [-0.2, 0) is 6.54 Å². The molecule has 0 aliphatic rings. The lowest BCUT2D eigenvalue weighted by Crippen LogP contribution is -2.25. The predicted molar refractivity (Wildman–Crippen MR) is 71.0 cm³/mol. The lowest BCUT2D eigenvalue weighted by molar-refractivity contribution is 0.690. The topological polar surface area (TPSA) is 46.9 Å². The van der Waals surface area contributed by atoms with Gasteiger partial charge in [-0.25, -0.2) is 4.98 Å². The van der Waals surface area contributed by atoms with E-state index in [1.807, 2.05) is 25.1 Å². The van der Waals surface area contributed by atoms with Gasteiger partial charge in [0.15, 0.2) is 0 Å². The van der Waals surface area contributed by atoms with Crippen molar-refractivity contribution in [3.8, 4) is 0 Å². The van der Waals surface area contributed by atoms with E-state index in [1.165, 1.54) is 0 Å². The van der Waals surface area contributed by atoms with Crippen molar-refractivity contribution in [2.24, 2.45) is 0 Å². The lowest BCUT2D eigenvalue weighted by atomic mass is 10.2. The Morgan fingerprint density at radius 1 is 1.47 bits per heavy atom. The first kappa shape index (κ1) is 11.9. The summed E-state index contributed by atoms with van der Waals surface area (Å²) in [5.41, 5.74) is 1.46. The van der Waals surface area contributed by atoms with Gasteiger partial charge in [0.05, 0.1) is 10.9 Å². The van der Waals surface area contributed by atoms with Gasteiger partial charge in [-0.1, -0.05) is 6.07 Å². The van der Waals surface area contributed by atoms with E-state index in [-0.39, 0.29) is 5.56 Å². The van der Waals surface area contributed by atoms with E-state index in [0.717, 1.165) is 5.69 Å². The van der Waals surface area contributed by atoms with E-state index in [2.05, 4.69) is 10.3 Å². The zero-order chi connectivity index (χ0) is 12.4. The van der Waals surface area contributed by atoms with Crippen LogP contribution < -0.4 is 10.9 Å². The summed E-state index contributed by atoms with van der Waals surface area (Å²) in [7, 11) is 1.79. The van der Waals surface area contributed by atoms with Crippen LogP contribution in [0.3, 0.4) is 0 Å². The molecule has 0 fully saturated rings. The summed E-state index contributed by atoms with van der Waals surface area (Å²) in [6.07, 6.45) is 0.